The SMILES string of the molecule is C=Cc1[nH]c2cc3c(cc2c1C=C)N(c1ccccc1)c1ccccc1C3(C)C. The second-order valence-corrected chi connectivity index (χ2v) is 8.09. The first-order valence-corrected chi connectivity index (χ1v) is 9.96. The molecule has 0 fully saturated rings. The van der Waals surface area contributed by atoms with Crippen molar-refractivity contribution in [1.82, 2.24) is 4.98 Å². The highest BCUT2D eigenvalue weighted by atomic mass is 15.2. The Balaban J connectivity index is 1.90. The molecular weight excluding hydrogens is 352 g/mol. The van der Waals surface area contributed by atoms with Crippen LogP contribution in [0.3, 0.4) is 0 Å². The van der Waals surface area contributed by atoms with E-state index in [1.165, 1.54) is 27.9 Å². The molecule has 2 heteroatoms. The van der Waals surface area contributed by atoms with Gasteiger partial charge in [-0.05, 0) is 47.5 Å². The molecule has 142 valence electrons. The van der Waals surface area contributed by atoms with Crippen LogP contribution in [0.4, 0.5) is 17.1 Å². The smallest absolute Gasteiger partial charge is 0.0510 e. The number of anilines is 3. The van der Waals surface area contributed by atoms with Crippen LogP contribution in [-0.2, 0) is 5.41 Å². The number of aromatic nitrogens is 1. The van der Waals surface area contributed by atoms with Crippen molar-refractivity contribution >= 4 is 40.1 Å². The third-order valence-electron chi connectivity index (χ3n) is 6.14. The van der Waals surface area contributed by atoms with Crippen LogP contribution in [0, 0.1) is 0 Å². The number of rotatable bonds is 3. The molecule has 0 aliphatic carbocycles. The average molecular weight is 377 g/mol. The summed E-state index contributed by atoms with van der Waals surface area (Å²) in [5, 5.41) is 1.17. The summed E-state index contributed by atoms with van der Waals surface area (Å²) < 4.78 is 0. The Labute approximate surface area is 171 Å². The molecule has 0 atom stereocenters. The molecule has 2 heterocycles. The van der Waals surface area contributed by atoms with E-state index < -0.39 is 0 Å². The molecule has 1 N–H and O–H groups in total. The quantitative estimate of drug-likeness (QED) is 0.391. The van der Waals surface area contributed by atoms with Crippen molar-refractivity contribution in [3.8, 4) is 0 Å². The van der Waals surface area contributed by atoms with Crippen molar-refractivity contribution in [2.24, 2.45) is 0 Å². The number of nitrogens with one attached hydrogen (secondary N) is 1. The fourth-order valence-electron chi connectivity index (χ4n) is 4.67. The van der Waals surface area contributed by atoms with Crippen molar-refractivity contribution in [2.75, 3.05) is 4.90 Å². The predicted octanol–water partition coefficient (Wildman–Crippen LogP) is 7.56. The highest BCUT2D eigenvalue weighted by molar-refractivity contribution is 5.99. The summed E-state index contributed by atoms with van der Waals surface area (Å²) in [4.78, 5) is 5.90. The van der Waals surface area contributed by atoms with E-state index in [0.29, 0.717) is 0 Å². The third kappa shape index (κ3) is 2.42. The molecule has 1 aliphatic heterocycles. The maximum Gasteiger partial charge on any atom is 0.0510 e. The topological polar surface area (TPSA) is 19.0 Å². The summed E-state index contributed by atoms with van der Waals surface area (Å²) in [6.07, 6.45) is 3.78. The minimum absolute atomic E-state index is 0.112. The maximum atomic E-state index is 4.03. The van der Waals surface area contributed by atoms with Crippen LogP contribution >= 0.6 is 0 Å². The second-order valence-electron chi connectivity index (χ2n) is 8.09. The number of para-hydroxylation sites is 2. The number of fused-ring (bicyclic) bond motifs is 3. The van der Waals surface area contributed by atoms with Gasteiger partial charge in [-0.2, -0.15) is 0 Å². The Morgan fingerprint density at radius 2 is 1.55 bits per heavy atom. The van der Waals surface area contributed by atoms with E-state index in [4.69, 9.17) is 0 Å². The Morgan fingerprint density at radius 3 is 2.28 bits per heavy atom. The van der Waals surface area contributed by atoms with Gasteiger partial charge in [0.25, 0.3) is 0 Å². The van der Waals surface area contributed by atoms with Gasteiger partial charge in [0.1, 0.15) is 0 Å². The molecule has 0 saturated carbocycles. The van der Waals surface area contributed by atoms with Gasteiger partial charge < -0.3 is 9.88 Å². The second kappa shape index (κ2) is 6.25. The number of hydrogen-bond acceptors (Lipinski definition) is 1. The fraction of sp³-hybridized carbons (Fsp3) is 0.111. The Kier molecular flexibility index (Phi) is 3.78. The van der Waals surface area contributed by atoms with E-state index in [1.807, 2.05) is 12.2 Å². The van der Waals surface area contributed by atoms with Gasteiger partial charge in [-0.1, -0.05) is 69.5 Å². The molecule has 1 aliphatic rings. The molecule has 5 rings (SSSR count). The molecule has 0 amide bonds. The third-order valence-corrected chi connectivity index (χ3v) is 6.14. The van der Waals surface area contributed by atoms with Crippen LogP contribution in [0.5, 0.6) is 0 Å². The lowest BCUT2D eigenvalue weighted by Gasteiger charge is -2.42. The van der Waals surface area contributed by atoms with Gasteiger partial charge in [-0.3, -0.25) is 0 Å². The monoisotopic (exact) mass is 376 g/mol. The zero-order valence-electron chi connectivity index (χ0n) is 16.9. The van der Waals surface area contributed by atoms with E-state index in [1.54, 1.807) is 0 Å². The van der Waals surface area contributed by atoms with Gasteiger partial charge in [0.2, 0.25) is 0 Å². The van der Waals surface area contributed by atoms with Crippen LogP contribution in [0.25, 0.3) is 23.1 Å². The predicted molar refractivity (Wildman–Crippen MR) is 125 cm³/mol. The summed E-state index contributed by atoms with van der Waals surface area (Å²) >= 11 is 0. The van der Waals surface area contributed by atoms with E-state index in [2.05, 4.69) is 104 Å². The number of hydrogen-bond donors (Lipinski definition) is 1. The van der Waals surface area contributed by atoms with Crippen molar-refractivity contribution in [1.29, 1.82) is 0 Å². The minimum atomic E-state index is -0.112. The van der Waals surface area contributed by atoms with Gasteiger partial charge in [0.15, 0.2) is 0 Å². The Hall–Kier alpha value is -3.52. The molecular formula is C27H24N2. The van der Waals surface area contributed by atoms with Crippen LogP contribution in [-0.4, -0.2) is 4.98 Å². The Morgan fingerprint density at radius 1 is 0.828 bits per heavy atom. The summed E-state index contributed by atoms with van der Waals surface area (Å²) in [6, 6.07) is 23.9. The standard InChI is InChI=1S/C27H24N2/c1-5-19-20-16-26-22(17-24(20)28-23(19)6-2)27(3,4)21-14-10-11-15-25(21)29(26)18-12-8-7-9-13-18/h5-17,28H,1-2H2,3-4H3. The lowest BCUT2D eigenvalue weighted by atomic mass is 9.73. The molecule has 2 nitrogen and oxygen atoms in total. The van der Waals surface area contributed by atoms with Crippen LogP contribution < -0.4 is 4.90 Å². The van der Waals surface area contributed by atoms with E-state index in [9.17, 15) is 0 Å². The molecule has 0 radical (unpaired) electrons. The highest BCUT2D eigenvalue weighted by Gasteiger charge is 2.37. The molecule has 0 bridgehead atoms. The lowest BCUT2D eigenvalue weighted by molar-refractivity contribution is 0.633. The van der Waals surface area contributed by atoms with Crippen LogP contribution in [0.15, 0.2) is 79.9 Å². The summed E-state index contributed by atoms with van der Waals surface area (Å²) in [5.41, 5.74) is 9.36. The van der Waals surface area contributed by atoms with Crippen molar-refractivity contribution in [3.63, 3.8) is 0 Å². The molecule has 1 aromatic heterocycles. The van der Waals surface area contributed by atoms with Gasteiger partial charge >= 0.3 is 0 Å². The Bertz CT molecular complexity index is 1260. The highest BCUT2D eigenvalue weighted by Crippen LogP contribution is 2.52. The fourth-order valence-corrected chi connectivity index (χ4v) is 4.67. The van der Waals surface area contributed by atoms with Gasteiger partial charge in [0, 0.05) is 33.3 Å². The number of nitrogens with zero attached hydrogens (tertiary/aromatic N) is 1. The first kappa shape index (κ1) is 17.6. The minimum Gasteiger partial charge on any atom is -0.355 e. The lowest BCUT2D eigenvalue weighted by Crippen LogP contribution is -2.30. The van der Waals surface area contributed by atoms with Gasteiger partial charge in [-0.15, -0.1) is 0 Å². The molecule has 0 unspecified atom stereocenters. The van der Waals surface area contributed by atoms with Crippen molar-refractivity contribution in [2.45, 2.75) is 19.3 Å². The van der Waals surface area contributed by atoms with E-state index >= 15 is 0 Å². The molecule has 0 saturated heterocycles. The van der Waals surface area contributed by atoms with E-state index in [0.717, 1.165) is 22.5 Å². The zero-order chi connectivity index (χ0) is 20.2. The molecule has 0 spiro atoms. The molecule has 4 aromatic rings. The van der Waals surface area contributed by atoms with Crippen LogP contribution in [0.2, 0.25) is 0 Å². The van der Waals surface area contributed by atoms with Crippen LogP contribution in [0.1, 0.15) is 36.2 Å². The van der Waals surface area contributed by atoms with Gasteiger partial charge in [-0.25, -0.2) is 0 Å². The number of aromatic amines is 1. The zero-order valence-corrected chi connectivity index (χ0v) is 16.9. The van der Waals surface area contributed by atoms with Gasteiger partial charge in [0.05, 0.1) is 11.4 Å². The summed E-state index contributed by atoms with van der Waals surface area (Å²) in [6.45, 7) is 12.6. The first-order chi connectivity index (χ1) is 14.1. The summed E-state index contributed by atoms with van der Waals surface area (Å²) in [5.74, 6) is 0. The molecule has 29 heavy (non-hydrogen) atoms. The van der Waals surface area contributed by atoms with Crippen molar-refractivity contribution in [3.05, 3.63) is 102 Å². The number of benzene rings is 3. The summed E-state index contributed by atoms with van der Waals surface area (Å²) in [7, 11) is 0. The normalized spacial score (nSPS) is 14.3. The average Bonchev–Trinajstić information content (AvgIpc) is 3.10. The maximum absolute atomic E-state index is 4.03. The molecule has 3 aromatic carbocycles. The van der Waals surface area contributed by atoms with Crippen molar-refractivity contribution < 1.29 is 0 Å². The largest absolute Gasteiger partial charge is 0.355 e. The first-order valence-electron chi connectivity index (χ1n) is 9.96. The number of H-pyrrole nitrogens is 1. The van der Waals surface area contributed by atoms with E-state index in [-0.39, 0.29) is 5.41 Å².